The zero-order chi connectivity index (χ0) is 30.0. The van der Waals surface area contributed by atoms with E-state index in [1.54, 1.807) is 0 Å². The van der Waals surface area contributed by atoms with Gasteiger partial charge < -0.3 is 20.5 Å². The number of likely N-dealkylation sites (N-methyl/N-ethyl adjacent to an activating group) is 1. The Morgan fingerprint density at radius 3 is 2.74 bits per heavy atom. The standard InChI is InChI=1S/C27H26F6N6O2S/c1-38(7-8-40)23-15-9-16(27(31,32)33)18(14-3-4-17(29)22-21(14)35-24(34)42-22)19(30)20(15)36-25(37-23)41-12-26-5-2-6-39(26)11-13(28)10-26/h3-4,9,13,40H,2,5-8,10-12H2,1H3,(H2,34,35)/t13-,26+/m1/s1. The zero-order valence-corrected chi connectivity index (χ0v) is 23.1. The van der Waals surface area contributed by atoms with Crippen molar-refractivity contribution in [2.45, 2.75) is 37.1 Å². The molecule has 2 saturated heterocycles. The van der Waals surface area contributed by atoms with E-state index in [2.05, 4.69) is 15.0 Å². The minimum absolute atomic E-state index is 0.00781. The van der Waals surface area contributed by atoms with Gasteiger partial charge in [-0.1, -0.05) is 11.3 Å². The van der Waals surface area contributed by atoms with Crippen LogP contribution in [0.15, 0.2) is 18.2 Å². The van der Waals surface area contributed by atoms with Crippen molar-refractivity contribution < 1.29 is 36.2 Å². The molecule has 0 spiro atoms. The highest BCUT2D eigenvalue weighted by molar-refractivity contribution is 7.22. The van der Waals surface area contributed by atoms with Crippen LogP contribution in [0.1, 0.15) is 24.8 Å². The van der Waals surface area contributed by atoms with Crippen molar-refractivity contribution in [3.8, 4) is 17.1 Å². The summed E-state index contributed by atoms with van der Waals surface area (Å²) in [6, 6.07) is 2.38. The van der Waals surface area contributed by atoms with Crippen LogP contribution in [-0.2, 0) is 6.18 Å². The van der Waals surface area contributed by atoms with Gasteiger partial charge in [0, 0.05) is 43.1 Å². The molecular formula is C27H26F6N6O2S. The highest BCUT2D eigenvalue weighted by atomic mass is 32.1. The third-order valence-corrected chi connectivity index (χ3v) is 8.90. The normalized spacial score (nSPS) is 21.0. The van der Waals surface area contributed by atoms with Gasteiger partial charge in [0.1, 0.15) is 29.9 Å². The van der Waals surface area contributed by atoms with Crippen molar-refractivity contribution in [2.24, 2.45) is 0 Å². The molecule has 8 nitrogen and oxygen atoms in total. The molecule has 2 aromatic heterocycles. The molecule has 0 saturated carbocycles. The first kappa shape index (κ1) is 28.7. The summed E-state index contributed by atoms with van der Waals surface area (Å²) in [5, 5.41) is 9.14. The van der Waals surface area contributed by atoms with E-state index in [-0.39, 0.29) is 70.9 Å². The van der Waals surface area contributed by atoms with Crippen molar-refractivity contribution in [1.29, 1.82) is 0 Å². The summed E-state index contributed by atoms with van der Waals surface area (Å²) in [5.41, 5.74) is 1.93. The minimum atomic E-state index is -5.04. The monoisotopic (exact) mass is 612 g/mol. The number of aliphatic hydroxyl groups is 1. The summed E-state index contributed by atoms with van der Waals surface area (Å²) in [6.07, 6.45) is -4.27. The van der Waals surface area contributed by atoms with Gasteiger partial charge in [0.25, 0.3) is 0 Å². The molecule has 2 atom stereocenters. The van der Waals surface area contributed by atoms with Gasteiger partial charge in [-0.25, -0.2) is 18.2 Å². The molecule has 4 aromatic rings. The molecule has 2 aliphatic heterocycles. The molecule has 0 aliphatic carbocycles. The number of aliphatic hydroxyl groups excluding tert-OH is 1. The molecule has 3 N–H and O–H groups in total. The molecule has 15 heteroatoms. The van der Waals surface area contributed by atoms with Gasteiger partial charge in [-0.15, -0.1) is 0 Å². The van der Waals surface area contributed by atoms with E-state index in [1.165, 1.54) is 11.9 Å². The number of ether oxygens (including phenoxy) is 1. The lowest BCUT2D eigenvalue weighted by Crippen LogP contribution is -2.43. The predicted molar refractivity (Wildman–Crippen MR) is 146 cm³/mol. The minimum Gasteiger partial charge on any atom is -0.461 e. The summed E-state index contributed by atoms with van der Waals surface area (Å²) >= 11 is 0.732. The van der Waals surface area contributed by atoms with E-state index >= 15 is 4.39 Å². The Labute approximate surface area is 239 Å². The topological polar surface area (TPSA) is 101 Å². The summed E-state index contributed by atoms with van der Waals surface area (Å²) in [6.45, 7) is 0.595. The molecule has 224 valence electrons. The van der Waals surface area contributed by atoms with Gasteiger partial charge in [-0.2, -0.15) is 23.1 Å². The van der Waals surface area contributed by atoms with Crippen LogP contribution in [0.25, 0.3) is 32.2 Å². The van der Waals surface area contributed by atoms with Gasteiger partial charge in [0.05, 0.1) is 27.9 Å². The quantitative estimate of drug-likeness (QED) is 0.276. The number of aromatic nitrogens is 3. The number of nitrogen functional groups attached to an aromatic ring is 1. The molecular weight excluding hydrogens is 586 g/mol. The molecule has 0 unspecified atom stereocenters. The fourth-order valence-corrected chi connectivity index (χ4v) is 6.89. The zero-order valence-electron chi connectivity index (χ0n) is 22.3. The number of fused-ring (bicyclic) bond motifs is 3. The smallest absolute Gasteiger partial charge is 0.417 e. The number of benzene rings is 2. The van der Waals surface area contributed by atoms with Gasteiger partial charge in [0.15, 0.2) is 10.9 Å². The molecule has 0 radical (unpaired) electrons. The average Bonchev–Trinajstić information content (AvgIpc) is 3.59. The fraction of sp³-hybridized carbons (Fsp3) is 0.444. The van der Waals surface area contributed by atoms with Crippen molar-refractivity contribution in [1.82, 2.24) is 19.9 Å². The summed E-state index contributed by atoms with van der Waals surface area (Å²) in [7, 11) is 1.48. The number of hydrogen-bond donors (Lipinski definition) is 2. The largest absolute Gasteiger partial charge is 0.461 e. The van der Waals surface area contributed by atoms with E-state index in [4.69, 9.17) is 10.5 Å². The number of thiazole rings is 1. The number of nitrogens with zero attached hydrogens (tertiary/aromatic N) is 5. The van der Waals surface area contributed by atoms with Crippen molar-refractivity contribution in [3.63, 3.8) is 0 Å². The number of alkyl halides is 4. The Morgan fingerprint density at radius 2 is 2.00 bits per heavy atom. The maximum absolute atomic E-state index is 16.5. The number of rotatable bonds is 7. The third-order valence-electron chi connectivity index (χ3n) is 8.01. The molecule has 2 aliphatic rings. The van der Waals surface area contributed by atoms with E-state index in [1.807, 2.05) is 4.90 Å². The molecule has 4 heterocycles. The Hall–Kier alpha value is -3.43. The first-order valence-electron chi connectivity index (χ1n) is 13.2. The highest BCUT2D eigenvalue weighted by Gasteiger charge is 2.49. The Bertz CT molecular complexity index is 1680. The van der Waals surface area contributed by atoms with E-state index < -0.39 is 46.2 Å². The van der Waals surface area contributed by atoms with Gasteiger partial charge in [0.2, 0.25) is 0 Å². The van der Waals surface area contributed by atoms with Crippen molar-refractivity contribution >= 4 is 43.4 Å². The van der Waals surface area contributed by atoms with Crippen LogP contribution in [0.2, 0.25) is 0 Å². The van der Waals surface area contributed by atoms with Crippen molar-refractivity contribution in [2.75, 3.05) is 50.5 Å². The van der Waals surface area contributed by atoms with Gasteiger partial charge in [-0.3, -0.25) is 4.90 Å². The Balaban J connectivity index is 1.55. The van der Waals surface area contributed by atoms with Crippen LogP contribution >= 0.6 is 11.3 Å². The Kier molecular flexibility index (Phi) is 7.09. The lowest BCUT2D eigenvalue weighted by molar-refractivity contribution is -0.137. The van der Waals surface area contributed by atoms with Crippen LogP contribution in [0, 0.1) is 11.6 Å². The fourth-order valence-electron chi connectivity index (χ4n) is 6.13. The second-order valence-electron chi connectivity index (χ2n) is 10.7. The average molecular weight is 613 g/mol. The molecule has 42 heavy (non-hydrogen) atoms. The number of anilines is 2. The third kappa shape index (κ3) is 4.76. The van der Waals surface area contributed by atoms with Gasteiger partial charge >= 0.3 is 12.2 Å². The highest BCUT2D eigenvalue weighted by Crippen LogP contribution is 2.46. The van der Waals surface area contributed by atoms with E-state index in [9.17, 15) is 27.1 Å². The number of nitrogens with two attached hydrogens (primary N) is 1. The van der Waals surface area contributed by atoms with Crippen LogP contribution in [0.5, 0.6) is 6.01 Å². The van der Waals surface area contributed by atoms with Crippen LogP contribution in [-0.4, -0.2) is 76.6 Å². The van der Waals surface area contributed by atoms with Crippen molar-refractivity contribution in [3.05, 3.63) is 35.4 Å². The first-order chi connectivity index (χ1) is 19.9. The predicted octanol–water partition coefficient (Wildman–Crippen LogP) is 5.17. The lowest BCUT2D eigenvalue weighted by Gasteiger charge is -2.31. The lowest BCUT2D eigenvalue weighted by atomic mass is 9.95. The maximum atomic E-state index is 16.5. The molecule has 2 aromatic carbocycles. The van der Waals surface area contributed by atoms with Gasteiger partial charge in [-0.05, 0) is 37.6 Å². The number of halogens is 6. The second-order valence-corrected chi connectivity index (χ2v) is 11.7. The summed E-state index contributed by atoms with van der Waals surface area (Å²) in [5.74, 6) is -2.19. The van der Waals surface area contributed by atoms with Crippen LogP contribution in [0.3, 0.4) is 0 Å². The molecule has 0 bridgehead atoms. The molecule has 2 fully saturated rings. The SMILES string of the molecule is CN(CCO)c1nc(OC[C@@]23CCCN2C[C@H](F)C3)nc2c(F)c(-c3ccc(F)c4sc(N)nc34)c(C(F)(F)F)cc12. The molecule has 6 rings (SSSR count). The van der Waals surface area contributed by atoms with Crippen LogP contribution in [0.4, 0.5) is 37.3 Å². The second kappa shape index (κ2) is 10.4. The number of hydrogen-bond acceptors (Lipinski definition) is 9. The Morgan fingerprint density at radius 1 is 1.21 bits per heavy atom. The summed E-state index contributed by atoms with van der Waals surface area (Å²) in [4.78, 5) is 15.8. The maximum Gasteiger partial charge on any atom is 0.417 e. The summed E-state index contributed by atoms with van der Waals surface area (Å²) < 4.78 is 94.5. The molecule has 0 amide bonds. The first-order valence-corrected chi connectivity index (χ1v) is 14.0. The van der Waals surface area contributed by atoms with E-state index in [0.717, 1.165) is 36.0 Å². The van der Waals surface area contributed by atoms with Crippen LogP contribution < -0.4 is 15.4 Å². The van der Waals surface area contributed by atoms with E-state index in [0.29, 0.717) is 13.0 Å².